The van der Waals surface area contributed by atoms with Crippen molar-refractivity contribution in [2.45, 2.75) is 13.5 Å². The van der Waals surface area contributed by atoms with Gasteiger partial charge in [0.05, 0.1) is 13.2 Å². The summed E-state index contributed by atoms with van der Waals surface area (Å²) < 4.78 is 23.5. The van der Waals surface area contributed by atoms with Gasteiger partial charge in [-0.15, -0.1) is 0 Å². The molecule has 0 aliphatic heterocycles. The monoisotopic (exact) mass is 313 g/mol. The van der Waals surface area contributed by atoms with Gasteiger partial charge in [-0.2, -0.15) is 4.98 Å². The molecule has 0 fully saturated rings. The lowest BCUT2D eigenvalue weighted by molar-refractivity contribution is 0.340. The molecule has 2 aromatic carbocycles. The summed E-state index contributed by atoms with van der Waals surface area (Å²) in [4.78, 5) is 4.33. The molecule has 0 aliphatic rings. The lowest BCUT2D eigenvalue weighted by atomic mass is 10.2. The van der Waals surface area contributed by atoms with Gasteiger partial charge >= 0.3 is 0 Å². The molecule has 1 aromatic heterocycles. The van der Waals surface area contributed by atoms with Gasteiger partial charge in [-0.3, -0.25) is 0 Å². The molecular formula is C17H16FN3O2. The van der Waals surface area contributed by atoms with E-state index in [4.69, 9.17) is 9.26 Å². The first kappa shape index (κ1) is 15.0. The zero-order valence-electron chi connectivity index (χ0n) is 12.6. The molecule has 0 unspecified atom stereocenters. The van der Waals surface area contributed by atoms with Crippen molar-refractivity contribution in [2.24, 2.45) is 0 Å². The molecule has 1 N–H and O–H groups in total. The number of ether oxygens (including phenoxy) is 1. The average Bonchev–Trinajstić information content (AvgIpc) is 3.04. The first-order chi connectivity index (χ1) is 11.2. The van der Waals surface area contributed by atoms with E-state index < -0.39 is 0 Å². The molecule has 0 amide bonds. The summed E-state index contributed by atoms with van der Waals surface area (Å²) in [6, 6.07) is 13.6. The molecule has 3 aromatic rings. The zero-order valence-corrected chi connectivity index (χ0v) is 12.6. The van der Waals surface area contributed by atoms with Crippen molar-refractivity contribution >= 4 is 5.69 Å². The Morgan fingerprint density at radius 3 is 2.52 bits per heavy atom. The molecule has 0 saturated carbocycles. The van der Waals surface area contributed by atoms with Gasteiger partial charge in [0, 0.05) is 11.3 Å². The summed E-state index contributed by atoms with van der Waals surface area (Å²) in [6.07, 6.45) is 0. The molecule has 5 nitrogen and oxygen atoms in total. The summed E-state index contributed by atoms with van der Waals surface area (Å²) in [5.41, 5.74) is 1.64. The Morgan fingerprint density at radius 2 is 1.83 bits per heavy atom. The van der Waals surface area contributed by atoms with Crippen molar-refractivity contribution in [3.05, 3.63) is 60.2 Å². The van der Waals surface area contributed by atoms with Crippen molar-refractivity contribution in [3.8, 4) is 17.1 Å². The van der Waals surface area contributed by atoms with E-state index in [2.05, 4.69) is 15.5 Å². The van der Waals surface area contributed by atoms with Crippen LogP contribution < -0.4 is 10.1 Å². The molecule has 23 heavy (non-hydrogen) atoms. The van der Waals surface area contributed by atoms with Crippen LogP contribution in [0.3, 0.4) is 0 Å². The van der Waals surface area contributed by atoms with Crippen molar-refractivity contribution in [1.29, 1.82) is 0 Å². The second-order valence-corrected chi connectivity index (χ2v) is 4.83. The molecule has 0 spiro atoms. The van der Waals surface area contributed by atoms with E-state index in [1.165, 1.54) is 12.1 Å². The fraction of sp³-hybridized carbons (Fsp3) is 0.176. The van der Waals surface area contributed by atoms with Crippen LogP contribution in [0.25, 0.3) is 11.4 Å². The number of anilines is 1. The number of aromatic nitrogens is 2. The van der Waals surface area contributed by atoms with Gasteiger partial charge in [-0.25, -0.2) is 4.39 Å². The lowest BCUT2D eigenvalue weighted by Crippen LogP contribution is -1.99. The summed E-state index contributed by atoms with van der Waals surface area (Å²) in [5.74, 6) is 1.51. The molecule has 6 heteroatoms. The molecule has 118 valence electrons. The summed E-state index contributed by atoms with van der Waals surface area (Å²) in [5, 5.41) is 7.06. The Labute approximate surface area is 133 Å². The minimum Gasteiger partial charge on any atom is -0.494 e. The molecule has 3 rings (SSSR count). The van der Waals surface area contributed by atoms with Crippen LogP contribution in [0.4, 0.5) is 10.1 Å². The Balaban J connectivity index is 1.64. The van der Waals surface area contributed by atoms with Crippen LogP contribution in [0.1, 0.15) is 12.8 Å². The first-order valence-corrected chi connectivity index (χ1v) is 7.30. The maximum Gasteiger partial charge on any atom is 0.246 e. The standard InChI is InChI=1S/C17H16FN3O2/c1-2-22-15-9-3-12(4-10-15)17-20-16(23-21-17)11-19-14-7-5-13(18)6-8-14/h3-10,19H,2,11H2,1H3. The number of benzene rings is 2. The quantitative estimate of drug-likeness (QED) is 0.748. The summed E-state index contributed by atoms with van der Waals surface area (Å²) >= 11 is 0. The van der Waals surface area contributed by atoms with E-state index in [9.17, 15) is 4.39 Å². The van der Waals surface area contributed by atoms with Gasteiger partial charge in [0.2, 0.25) is 11.7 Å². The second-order valence-electron chi connectivity index (χ2n) is 4.83. The number of hydrogen-bond donors (Lipinski definition) is 1. The van der Waals surface area contributed by atoms with Crippen molar-refractivity contribution in [3.63, 3.8) is 0 Å². The molecule has 0 aliphatic carbocycles. The third-order valence-electron chi connectivity index (χ3n) is 3.18. The van der Waals surface area contributed by atoms with Crippen LogP contribution in [0, 0.1) is 5.82 Å². The molecule has 0 atom stereocenters. The highest BCUT2D eigenvalue weighted by molar-refractivity contribution is 5.55. The van der Waals surface area contributed by atoms with Crippen molar-refractivity contribution in [2.75, 3.05) is 11.9 Å². The van der Waals surface area contributed by atoms with Gasteiger partial charge in [0.1, 0.15) is 11.6 Å². The second kappa shape index (κ2) is 6.91. The number of halogens is 1. The number of nitrogens with zero attached hydrogens (tertiary/aromatic N) is 2. The lowest BCUT2D eigenvalue weighted by Gasteiger charge is -2.02. The van der Waals surface area contributed by atoms with Crippen LogP contribution in [-0.2, 0) is 6.54 Å². The van der Waals surface area contributed by atoms with E-state index in [0.717, 1.165) is 17.0 Å². The zero-order chi connectivity index (χ0) is 16.1. The topological polar surface area (TPSA) is 60.2 Å². The SMILES string of the molecule is CCOc1ccc(-c2noc(CNc3ccc(F)cc3)n2)cc1. The van der Waals surface area contributed by atoms with Crippen LogP contribution in [0.15, 0.2) is 53.1 Å². The Kier molecular flexibility index (Phi) is 4.52. The van der Waals surface area contributed by atoms with Gasteiger partial charge in [0.15, 0.2) is 0 Å². The van der Waals surface area contributed by atoms with E-state index in [1.807, 2.05) is 31.2 Å². The van der Waals surface area contributed by atoms with Gasteiger partial charge in [-0.05, 0) is 55.5 Å². The van der Waals surface area contributed by atoms with Crippen LogP contribution in [0.5, 0.6) is 5.75 Å². The largest absolute Gasteiger partial charge is 0.494 e. The summed E-state index contributed by atoms with van der Waals surface area (Å²) in [7, 11) is 0. The number of nitrogens with one attached hydrogen (secondary N) is 1. The minimum atomic E-state index is -0.272. The summed E-state index contributed by atoms with van der Waals surface area (Å²) in [6.45, 7) is 2.93. The highest BCUT2D eigenvalue weighted by atomic mass is 19.1. The number of rotatable bonds is 6. The van der Waals surface area contributed by atoms with Crippen LogP contribution in [0.2, 0.25) is 0 Å². The molecule has 0 radical (unpaired) electrons. The van der Waals surface area contributed by atoms with Gasteiger partial charge in [0.25, 0.3) is 0 Å². The molecular weight excluding hydrogens is 297 g/mol. The van der Waals surface area contributed by atoms with E-state index in [0.29, 0.717) is 24.9 Å². The highest BCUT2D eigenvalue weighted by Crippen LogP contribution is 2.20. The predicted octanol–water partition coefficient (Wildman–Crippen LogP) is 3.89. The molecule has 0 bridgehead atoms. The maximum atomic E-state index is 12.8. The number of hydrogen-bond acceptors (Lipinski definition) is 5. The Morgan fingerprint density at radius 1 is 1.09 bits per heavy atom. The van der Waals surface area contributed by atoms with E-state index >= 15 is 0 Å². The third-order valence-corrected chi connectivity index (χ3v) is 3.18. The van der Waals surface area contributed by atoms with Gasteiger partial charge < -0.3 is 14.6 Å². The molecule has 0 saturated heterocycles. The Hall–Kier alpha value is -2.89. The predicted molar refractivity (Wildman–Crippen MR) is 84.6 cm³/mol. The smallest absolute Gasteiger partial charge is 0.246 e. The third kappa shape index (κ3) is 3.85. The van der Waals surface area contributed by atoms with Crippen molar-refractivity contribution < 1.29 is 13.7 Å². The fourth-order valence-electron chi connectivity index (χ4n) is 2.06. The fourth-order valence-corrected chi connectivity index (χ4v) is 2.06. The Bertz CT molecular complexity index is 754. The van der Waals surface area contributed by atoms with Gasteiger partial charge in [-0.1, -0.05) is 5.16 Å². The maximum absolute atomic E-state index is 12.8. The van der Waals surface area contributed by atoms with Crippen molar-refractivity contribution in [1.82, 2.24) is 10.1 Å². The van der Waals surface area contributed by atoms with Crippen LogP contribution >= 0.6 is 0 Å². The average molecular weight is 313 g/mol. The van der Waals surface area contributed by atoms with Crippen LogP contribution in [-0.4, -0.2) is 16.7 Å². The van der Waals surface area contributed by atoms with E-state index in [1.54, 1.807) is 12.1 Å². The first-order valence-electron chi connectivity index (χ1n) is 7.30. The van der Waals surface area contributed by atoms with E-state index in [-0.39, 0.29) is 5.82 Å². The minimum absolute atomic E-state index is 0.272. The normalized spacial score (nSPS) is 10.5. The molecule has 1 heterocycles. The highest BCUT2D eigenvalue weighted by Gasteiger charge is 2.08.